The Morgan fingerprint density at radius 1 is 1.47 bits per heavy atom. The molecule has 0 amide bonds. The van der Waals surface area contributed by atoms with Crippen LogP contribution in [0.4, 0.5) is 0 Å². The third-order valence-electron chi connectivity index (χ3n) is 2.88. The highest BCUT2D eigenvalue weighted by molar-refractivity contribution is 8.13. The van der Waals surface area contributed by atoms with Crippen LogP contribution < -0.4 is 0 Å². The van der Waals surface area contributed by atoms with Gasteiger partial charge in [-0.3, -0.25) is 4.68 Å². The molecule has 1 heterocycles. The van der Waals surface area contributed by atoms with Crippen molar-refractivity contribution < 1.29 is 8.42 Å². The number of rotatable bonds is 7. The predicted molar refractivity (Wildman–Crippen MR) is 68.6 cm³/mol. The van der Waals surface area contributed by atoms with Gasteiger partial charge in [-0.15, -0.1) is 0 Å². The summed E-state index contributed by atoms with van der Waals surface area (Å²) in [5.74, 6) is 0.542. The predicted octanol–water partition coefficient (Wildman–Crippen LogP) is 3.03. The average Bonchev–Trinajstić information content (AvgIpc) is 2.72. The van der Waals surface area contributed by atoms with Crippen molar-refractivity contribution in [3.05, 3.63) is 12.4 Å². The second kappa shape index (κ2) is 6.40. The zero-order valence-electron chi connectivity index (χ0n) is 10.3. The minimum Gasteiger partial charge on any atom is -0.271 e. The smallest absolute Gasteiger partial charge is 0.264 e. The molecular formula is C11H19ClN2O2S. The maximum Gasteiger partial charge on any atom is 0.264 e. The highest BCUT2D eigenvalue weighted by atomic mass is 35.7. The Bertz CT molecular complexity index is 442. The van der Waals surface area contributed by atoms with Crippen LogP contribution in [0.2, 0.25) is 0 Å². The molecular weight excluding hydrogens is 260 g/mol. The van der Waals surface area contributed by atoms with Crippen molar-refractivity contribution >= 4 is 19.7 Å². The lowest BCUT2D eigenvalue weighted by atomic mass is 10.00. The van der Waals surface area contributed by atoms with Gasteiger partial charge in [0.05, 0.1) is 6.20 Å². The summed E-state index contributed by atoms with van der Waals surface area (Å²) in [4.78, 5) is 0.0736. The second-order valence-corrected chi connectivity index (χ2v) is 6.82. The van der Waals surface area contributed by atoms with Gasteiger partial charge in [-0.1, -0.05) is 33.1 Å². The topological polar surface area (TPSA) is 52.0 Å². The molecule has 0 bridgehead atoms. The molecule has 0 radical (unpaired) electrons. The highest BCUT2D eigenvalue weighted by Crippen LogP contribution is 2.17. The molecule has 0 saturated heterocycles. The minimum absolute atomic E-state index is 0.0736. The van der Waals surface area contributed by atoms with Gasteiger partial charge in [0.2, 0.25) is 0 Å². The molecule has 0 fully saturated rings. The van der Waals surface area contributed by atoms with Gasteiger partial charge < -0.3 is 0 Å². The summed E-state index contributed by atoms with van der Waals surface area (Å²) in [6.07, 6.45) is 7.39. The third-order valence-corrected chi connectivity index (χ3v) is 4.19. The highest BCUT2D eigenvalue weighted by Gasteiger charge is 2.14. The molecule has 0 spiro atoms. The third kappa shape index (κ3) is 4.68. The standard InChI is InChI=1S/C11H19ClN2O2S/c1-3-5-6-10(4-2)8-14-9-11(7-13-14)17(12,15)16/h7,9-10H,3-6,8H2,1-2H3. The Balaban J connectivity index is 2.64. The summed E-state index contributed by atoms with van der Waals surface area (Å²) in [6.45, 7) is 5.06. The van der Waals surface area contributed by atoms with Crippen LogP contribution >= 0.6 is 10.7 Å². The van der Waals surface area contributed by atoms with Crippen molar-refractivity contribution in [2.45, 2.75) is 51.0 Å². The molecule has 0 aliphatic rings. The molecule has 98 valence electrons. The number of nitrogens with zero attached hydrogens (tertiary/aromatic N) is 2. The van der Waals surface area contributed by atoms with Crippen LogP contribution in [0.25, 0.3) is 0 Å². The van der Waals surface area contributed by atoms with Gasteiger partial charge in [0.1, 0.15) is 4.90 Å². The van der Waals surface area contributed by atoms with Crippen LogP contribution in [0.3, 0.4) is 0 Å². The maximum atomic E-state index is 11.1. The van der Waals surface area contributed by atoms with Gasteiger partial charge in [-0.25, -0.2) is 8.42 Å². The normalized spacial score (nSPS) is 13.8. The van der Waals surface area contributed by atoms with E-state index in [2.05, 4.69) is 18.9 Å². The summed E-state index contributed by atoms with van der Waals surface area (Å²) in [7, 11) is 1.59. The molecule has 0 saturated carbocycles. The summed E-state index contributed by atoms with van der Waals surface area (Å²) >= 11 is 0. The van der Waals surface area contributed by atoms with E-state index in [9.17, 15) is 8.42 Å². The van der Waals surface area contributed by atoms with Crippen molar-refractivity contribution in [3.8, 4) is 0 Å². The maximum absolute atomic E-state index is 11.1. The van der Waals surface area contributed by atoms with Gasteiger partial charge in [0, 0.05) is 23.4 Å². The van der Waals surface area contributed by atoms with Crippen molar-refractivity contribution in [1.82, 2.24) is 9.78 Å². The van der Waals surface area contributed by atoms with E-state index in [4.69, 9.17) is 10.7 Å². The molecule has 0 N–H and O–H groups in total. The summed E-state index contributed by atoms with van der Waals surface area (Å²) in [6, 6.07) is 0. The van der Waals surface area contributed by atoms with E-state index >= 15 is 0 Å². The van der Waals surface area contributed by atoms with Gasteiger partial charge in [-0.05, 0) is 12.3 Å². The SMILES string of the molecule is CCCCC(CC)Cn1cc(S(=O)(=O)Cl)cn1. The number of hydrogen-bond acceptors (Lipinski definition) is 3. The molecule has 4 nitrogen and oxygen atoms in total. The van der Waals surface area contributed by atoms with E-state index in [1.54, 1.807) is 4.68 Å². The lowest BCUT2D eigenvalue weighted by Gasteiger charge is -2.13. The van der Waals surface area contributed by atoms with E-state index in [0.29, 0.717) is 5.92 Å². The Hall–Kier alpha value is -0.550. The van der Waals surface area contributed by atoms with Gasteiger partial charge in [0.15, 0.2) is 0 Å². The fourth-order valence-corrected chi connectivity index (χ4v) is 2.41. The second-order valence-electron chi connectivity index (χ2n) is 4.25. The van der Waals surface area contributed by atoms with Gasteiger partial charge in [-0.2, -0.15) is 5.10 Å². The molecule has 1 atom stereocenters. The van der Waals surface area contributed by atoms with Crippen LogP contribution in [0, 0.1) is 5.92 Å². The van der Waals surface area contributed by atoms with Crippen molar-refractivity contribution in [3.63, 3.8) is 0 Å². The Kier molecular flexibility index (Phi) is 5.46. The van der Waals surface area contributed by atoms with Crippen LogP contribution in [0.15, 0.2) is 17.3 Å². The van der Waals surface area contributed by atoms with E-state index < -0.39 is 9.05 Å². The summed E-state index contributed by atoms with van der Waals surface area (Å²) < 4.78 is 23.8. The molecule has 0 aliphatic heterocycles. The first-order valence-electron chi connectivity index (χ1n) is 5.94. The molecule has 1 aromatic heterocycles. The van der Waals surface area contributed by atoms with Crippen LogP contribution in [0.1, 0.15) is 39.5 Å². The van der Waals surface area contributed by atoms with E-state index in [1.165, 1.54) is 25.2 Å². The van der Waals surface area contributed by atoms with E-state index in [1.807, 2.05) is 0 Å². The Morgan fingerprint density at radius 2 is 2.18 bits per heavy atom. The zero-order valence-corrected chi connectivity index (χ0v) is 11.8. The van der Waals surface area contributed by atoms with Crippen LogP contribution in [0.5, 0.6) is 0 Å². The van der Waals surface area contributed by atoms with E-state index in [0.717, 1.165) is 19.4 Å². The molecule has 1 unspecified atom stereocenters. The summed E-state index contributed by atoms with van der Waals surface area (Å²) in [5.41, 5.74) is 0. The fraction of sp³-hybridized carbons (Fsp3) is 0.727. The fourth-order valence-electron chi connectivity index (χ4n) is 1.75. The molecule has 6 heteroatoms. The molecule has 1 aromatic rings. The van der Waals surface area contributed by atoms with Gasteiger partial charge >= 0.3 is 0 Å². The van der Waals surface area contributed by atoms with Gasteiger partial charge in [0.25, 0.3) is 9.05 Å². The number of halogens is 1. The van der Waals surface area contributed by atoms with Crippen LogP contribution in [-0.2, 0) is 15.6 Å². The first kappa shape index (κ1) is 14.5. The lowest BCUT2D eigenvalue weighted by Crippen LogP contribution is -2.10. The van der Waals surface area contributed by atoms with Crippen molar-refractivity contribution in [2.24, 2.45) is 5.92 Å². The molecule has 0 aromatic carbocycles. The van der Waals surface area contributed by atoms with Crippen LogP contribution in [-0.4, -0.2) is 18.2 Å². The quantitative estimate of drug-likeness (QED) is 0.721. The van der Waals surface area contributed by atoms with Crippen molar-refractivity contribution in [2.75, 3.05) is 0 Å². The minimum atomic E-state index is -3.65. The first-order chi connectivity index (χ1) is 7.97. The Morgan fingerprint density at radius 3 is 2.65 bits per heavy atom. The Labute approximate surface area is 107 Å². The molecule has 0 aliphatic carbocycles. The van der Waals surface area contributed by atoms with E-state index in [-0.39, 0.29) is 4.90 Å². The zero-order chi connectivity index (χ0) is 12.9. The monoisotopic (exact) mass is 278 g/mol. The molecule has 1 rings (SSSR count). The number of aromatic nitrogens is 2. The first-order valence-corrected chi connectivity index (χ1v) is 8.25. The average molecular weight is 279 g/mol. The number of unbranched alkanes of at least 4 members (excludes halogenated alkanes) is 1. The van der Waals surface area contributed by atoms with Crippen molar-refractivity contribution in [1.29, 1.82) is 0 Å². The largest absolute Gasteiger partial charge is 0.271 e. The lowest BCUT2D eigenvalue weighted by molar-refractivity contribution is 0.372. The molecule has 17 heavy (non-hydrogen) atoms. The summed E-state index contributed by atoms with van der Waals surface area (Å²) in [5, 5.41) is 4.03. The number of hydrogen-bond donors (Lipinski definition) is 0.